The van der Waals surface area contributed by atoms with Crippen molar-refractivity contribution in [3.63, 3.8) is 0 Å². The molecule has 5 nitrogen and oxygen atoms in total. The van der Waals surface area contributed by atoms with Crippen LogP contribution in [0.15, 0.2) is 150 Å². The number of aromatic nitrogens is 4. The summed E-state index contributed by atoms with van der Waals surface area (Å²) in [6.45, 7) is 0. The van der Waals surface area contributed by atoms with Crippen LogP contribution in [0.1, 0.15) is 11.0 Å². The first-order valence-electron chi connectivity index (χ1n) is 18.0. The van der Waals surface area contributed by atoms with Gasteiger partial charge in [-0.3, -0.25) is 0 Å². The third-order valence-corrected chi connectivity index (χ3v) is 7.71. The molecule has 6 aromatic carbocycles. The van der Waals surface area contributed by atoms with Crippen molar-refractivity contribution in [3.05, 3.63) is 145 Å². The molecule has 44 heavy (non-hydrogen) atoms. The highest BCUT2D eigenvalue weighted by Crippen LogP contribution is 2.39. The molecule has 0 aliphatic heterocycles. The maximum absolute atomic E-state index is 8.92. The van der Waals surface area contributed by atoms with Crippen molar-refractivity contribution in [2.45, 2.75) is 0 Å². The molecule has 0 unspecified atom stereocenters. The highest BCUT2D eigenvalue weighted by Gasteiger charge is 2.18. The third-order valence-electron chi connectivity index (χ3n) is 7.71. The molecule has 206 valence electrons. The molecule has 0 radical (unpaired) electrons. The molecule has 9 rings (SSSR count). The van der Waals surface area contributed by atoms with E-state index in [0.717, 1.165) is 16.5 Å². The number of hydrogen-bond donors (Lipinski definition) is 0. The lowest BCUT2D eigenvalue weighted by Crippen LogP contribution is -2.00. The van der Waals surface area contributed by atoms with Crippen LogP contribution in [0.25, 0.3) is 83.6 Å². The molecule has 5 heteroatoms. The molecule has 0 fully saturated rings. The molecule has 0 saturated heterocycles. The first kappa shape index (κ1) is 17.8. The largest absolute Gasteiger partial charge is 0.454 e. The minimum absolute atomic E-state index is 0.00155. The summed E-state index contributed by atoms with van der Waals surface area (Å²) in [6.07, 6.45) is 0. The van der Waals surface area contributed by atoms with Crippen molar-refractivity contribution in [2.75, 3.05) is 0 Å². The van der Waals surface area contributed by atoms with E-state index in [1.165, 1.54) is 4.57 Å². The average molecular weight is 573 g/mol. The smallest absolute Gasteiger partial charge is 0.164 e. The second-order valence-corrected chi connectivity index (χ2v) is 10.3. The van der Waals surface area contributed by atoms with Crippen LogP contribution >= 0.6 is 0 Å². The van der Waals surface area contributed by atoms with Crippen LogP contribution in [0, 0.1) is 0 Å². The van der Waals surface area contributed by atoms with Gasteiger partial charge in [0.2, 0.25) is 0 Å². The molecule has 0 bridgehead atoms. The van der Waals surface area contributed by atoms with Crippen molar-refractivity contribution < 1.29 is 15.4 Å². The summed E-state index contributed by atoms with van der Waals surface area (Å²) in [6, 6.07) is 26.8. The van der Waals surface area contributed by atoms with Gasteiger partial charge < -0.3 is 8.98 Å². The fourth-order valence-electron chi connectivity index (χ4n) is 5.70. The Hall–Kier alpha value is -6.07. The maximum atomic E-state index is 8.92. The third kappa shape index (κ3) is 3.83. The summed E-state index contributed by atoms with van der Waals surface area (Å²) < 4.78 is 77.1. The highest BCUT2D eigenvalue weighted by molar-refractivity contribution is 6.12. The van der Waals surface area contributed by atoms with Crippen molar-refractivity contribution >= 4 is 43.7 Å². The Bertz CT molecular complexity index is 2810. The number of rotatable bonds is 4. The Morgan fingerprint density at radius 2 is 1.07 bits per heavy atom. The average Bonchev–Trinajstić information content (AvgIpc) is 3.74. The zero-order valence-corrected chi connectivity index (χ0v) is 22.9. The molecule has 0 saturated carbocycles. The lowest BCUT2D eigenvalue weighted by Gasteiger charge is -2.08. The fraction of sp³-hybridized carbons (Fsp3) is 0. The van der Waals surface area contributed by atoms with Gasteiger partial charge in [-0.05, 0) is 30.3 Å². The molecule has 9 aromatic rings. The van der Waals surface area contributed by atoms with Gasteiger partial charge in [-0.2, -0.15) is 0 Å². The van der Waals surface area contributed by atoms with Gasteiger partial charge in [0.05, 0.1) is 27.7 Å². The Morgan fingerprint density at radius 1 is 0.500 bits per heavy atom. The van der Waals surface area contributed by atoms with E-state index in [-0.39, 0.29) is 33.9 Å². The van der Waals surface area contributed by atoms with Crippen LogP contribution in [0.4, 0.5) is 0 Å². The Labute approximate surface area is 263 Å². The number of benzene rings is 6. The minimum Gasteiger partial charge on any atom is -0.454 e. The Kier molecular flexibility index (Phi) is 3.94. The van der Waals surface area contributed by atoms with E-state index in [4.69, 9.17) is 30.3 Å². The van der Waals surface area contributed by atoms with Crippen LogP contribution in [0.2, 0.25) is 0 Å². The zero-order chi connectivity index (χ0) is 36.0. The number of furan rings is 1. The van der Waals surface area contributed by atoms with Crippen LogP contribution in [-0.4, -0.2) is 19.5 Å². The van der Waals surface area contributed by atoms with Gasteiger partial charge in [0.15, 0.2) is 23.1 Å². The quantitative estimate of drug-likeness (QED) is 0.211. The molecule has 3 heterocycles. The summed E-state index contributed by atoms with van der Waals surface area (Å²) in [5.74, 6) is 1.46. The van der Waals surface area contributed by atoms with Crippen molar-refractivity contribution in [1.29, 1.82) is 0 Å². The van der Waals surface area contributed by atoms with Gasteiger partial charge in [0.1, 0.15) is 5.58 Å². The van der Waals surface area contributed by atoms with Crippen LogP contribution in [0.3, 0.4) is 0 Å². The predicted octanol–water partition coefficient (Wildman–Crippen LogP) is 9.87. The number of hydrogen-bond acceptors (Lipinski definition) is 4. The van der Waals surface area contributed by atoms with E-state index in [2.05, 4.69) is 0 Å². The van der Waals surface area contributed by atoms with Gasteiger partial charge in [0.25, 0.3) is 0 Å². The zero-order valence-electron chi connectivity index (χ0n) is 30.9. The monoisotopic (exact) mass is 572 g/mol. The van der Waals surface area contributed by atoms with Gasteiger partial charge in [0, 0.05) is 38.2 Å². The number of nitrogens with zero attached hydrogens (tertiary/aromatic N) is 4. The number of fused-ring (bicyclic) bond motifs is 6. The van der Waals surface area contributed by atoms with Crippen LogP contribution < -0.4 is 0 Å². The van der Waals surface area contributed by atoms with Crippen LogP contribution in [0.5, 0.6) is 0 Å². The molecule has 0 aliphatic carbocycles. The van der Waals surface area contributed by atoms with E-state index in [9.17, 15) is 0 Å². The van der Waals surface area contributed by atoms with E-state index in [1.54, 1.807) is 12.1 Å². The summed E-state index contributed by atoms with van der Waals surface area (Å²) >= 11 is 0. The molecular formula is C39H24N4O. The minimum atomic E-state index is -0.498. The highest BCUT2D eigenvalue weighted by atomic mass is 16.3. The second-order valence-electron chi connectivity index (χ2n) is 10.3. The normalized spacial score (nSPS) is 14.2. The first-order valence-corrected chi connectivity index (χ1v) is 14.0. The number of para-hydroxylation sites is 3. The standard InChI is InChI=1S/C39H24N4O/c1-3-12-25(13-4-1)37-40-38(26-14-5-2-6-15-26)42-39(41-37)27-22-23-30-31-18-11-21-34(36(31)44-35(30)24-27)43-32-19-9-7-16-28(32)29-17-8-10-20-33(29)43/h1-24H/i7D,8D,9D,10D,16D,17D,19D,20D. The summed E-state index contributed by atoms with van der Waals surface area (Å²) in [5.41, 5.74) is 3.58. The van der Waals surface area contributed by atoms with Crippen molar-refractivity contribution in [2.24, 2.45) is 0 Å². The summed E-state index contributed by atoms with van der Waals surface area (Å²) in [5, 5.41) is 1.45. The fourth-order valence-corrected chi connectivity index (χ4v) is 5.70. The molecule has 0 N–H and O–H groups in total. The van der Waals surface area contributed by atoms with Crippen molar-refractivity contribution in [1.82, 2.24) is 19.5 Å². The second kappa shape index (κ2) is 9.75. The molecular weight excluding hydrogens is 540 g/mol. The van der Waals surface area contributed by atoms with E-state index < -0.39 is 36.3 Å². The Balaban J connectivity index is 1.31. The Morgan fingerprint density at radius 3 is 1.68 bits per heavy atom. The molecule has 0 amide bonds. The molecule has 3 aromatic heterocycles. The summed E-state index contributed by atoms with van der Waals surface area (Å²) in [7, 11) is 0. The van der Waals surface area contributed by atoms with Gasteiger partial charge in [-0.15, -0.1) is 0 Å². The van der Waals surface area contributed by atoms with E-state index >= 15 is 0 Å². The lowest BCUT2D eigenvalue weighted by molar-refractivity contribution is 0.666. The molecule has 0 aliphatic rings. The molecule has 0 atom stereocenters. The van der Waals surface area contributed by atoms with Gasteiger partial charge in [-0.25, -0.2) is 15.0 Å². The van der Waals surface area contributed by atoms with E-state index in [0.29, 0.717) is 45.3 Å². The maximum Gasteiger partial charge on any atom is 0.164 e. The van der Waals surface area contributed by atoms with Crippen molar-refractivity contribution in [3.8, 4) is 39.9 Å². The SMILES string of the molecule is [2H]c1c([2H])c([2H])c2c(c1[2H])c1c([2H])c([2H])c([2H])c([2H])c1n2-c1cccc2c1oc1cc(-c3nc(-c4ccccc4)nc(-c4ccccc4)n3)ccc12. The predicted molar refractivity (Wildman–Crippen MR) is 178 cm³/mol. The van der Waals surface area contributed by atoms with E-state index in [1.807, 2.05) is 84.9 Å². The lowest BCUT2D eigenvalue weighted by atomic mass is 10.1. The molecule has 0 spiro atoms. The topological polar surface area (TPSA) is 56.7 Å². The van der Waals surface area contributed by atoms with Gasteiger partial charge >= 0.3 is 0 Å². The van der Waals surface area contributed by atoms with Gasteiger partial charge in [-0.1, -0.05) is 115 Å². The van der Waals surface area contributed by atoms with Crippen LogP contribution in [-0.2, 0) is 0 Å². The first-order chi connectivity index (χ1) is 25.1. The summed E-state index contributed by atoms with van der Waals surface area (Å²) in [4.78, 5) is 14.5.